The number of nitrogen functional groups attached to an aromatic ring is 2. The molecule has 1 aromatic rings. The lowest BCUT2D eigenvalue weighted by Gasteiger charge is -2.02. The average molecular weight is 181 g/mol. The maximum absolute atomic E-state index is 9.83. The highest BCUT2D eigenvalue weighted by atomic mass is 16.5. The summed E-state index contributed by atoms with van der Waals surface area (Å²) in [5.41, 5.74) is 12.7. The van der Waals surface area contributed by atoms with E-state index in [1.165, 1.54) is 6.20 Å². The second-order valence-corrected chi connectivity index (χ2v) is 2.52. The Morgan fingerprint density at radius 3 is 2.85 bits per heavy atom. The van der Waals surface area contributed by atoms with Crippen molar-refractivity contribution in [2.75, 3.05) is 18.1 Å². The van der Waals surface area contributed by atoms with Gasteiger partial charge in [0.2, 0.25) is 0 Å². The normalized spacial score (nSPS) is 9.54. The first kappa shape index (κ1) is 9.31. The molecule has 1 rings (SSSR count). The van der Waals surface area contributed by atoms with Crippen LogP contribution in [-0.2, 0) is 16.0 Å². The second-order valence-electron chi connectivity index (χ2n) is 2.52. The zero-order chi connectivity index (χ0) is 9.68. The number of carbonyl (C=O) groups is 1. The van der Waals surface area contributed by atoms with Crippen LogP contribution in [0.2, 0.25) is 0 Å². The molecule has 0 unspecified atom stereocenters. The molecule has 0 saturated heterocycles. The van der Waals surface area contributed by atoms with Gasteiger partial charge in [-0.25, -0.2) is 0 Å². The summed E-state index contributed by atoms with van der Waals surface area (Å²) < 4.78 is 4.51. The number of nitrogens with two attached hydrogens (primary N) is 2. The number of hydrogen-bond acceptors (Lipinski definition) is 5. The van der Waals surface area contributed by atoms with Crippen LogP contribution in [0.4, 0.5) is 11.4 Å². The van der Waals surface area contributed by atoms with Gasteiger partial charge in [0, 0.05) is 12.1 Å². The Kier molecular flexibility index (Phi) is 3.08. The van der Waals surface area contributed by atoms with E-state index in [1.807, 2.05) is 0 Å². The number of nitrogens with zero attached hydrogens (tertiary/aromatic N) is 1. The summed E-state index contributed by atoms with van der Waals surface area (Å²) in [6.07, 6.45) is 2.04. The minimum Gasteiger partial charge on any atom is -0.467 e. The van der Waals surface area contributed by atoms with Gasteiger partial charge in [-0.2, -0.15) is 0 Å². The molecular formula is C8H11N3O2. The quantitative estimate of drug-likeness (QED) is 0.502. The number of aromatic nitrogens is 1. The van der Waals surface area contributed by atoms with Gasteiger partial charge in [-0.05, 0) is 6.07 Å². The predicted octanol–water partition coefficient (Wildman–Crippen LogP) is -0.0385. The van der Waals surface area contributed by atoms with Gasteiger partial charge >= 0.3 is 0 Å². The molecule has 1 heterocycles. The van der Waals surface area contributed by atoms with Crippen molar-refractivity contribution in [1.82, 2.24) is 4.98 Å². The van der Waals surface area contributed by atoms with Crippen LogP contribution in [0.3, 0.4) is 0 Å². The van der Waals surface area contributed by atoms with Gasteiger partial charge in [-0.15, -0.1) is 0 Å². The third-order valence-corrected chi connectivity index (χ3v) is 1.57. The van der Waals surface area contributed by atoms with Crippen LogP contribution in [0.15, 0.2) is 12.3 Å². The molecule has 0 spiro atoms. The summed E-state index contributed by atoms with van der Waals surface area (Å²) in [6, 6.07) is 1.67. The number of rotatable bonds is 4. The SMILES string of the molecule is Nc1cnc(CCOC=O)cc1N. The van der Waals surface area contributed by atoms with E-state index >= 15 is 0 Å². The highest BCUT2D eigenvalue weighted by Crippen LogP contribution is 2.13. The minimum atomic E-state index is 0.305. The van der Waals surface area contributed by atoms with E-state index in [-0.39, 0.29) is 0 Å². The average Bonchev–Trinajstić information content (AvgIpc) is 2.12. The number of anilines is 2. The molecule has 0 radical (unpaired) electrons. The summed E-state index contributed by atoms with van der Waals surface area (Å²) in [6.45, 7) is 0.709. The van der Waals surface area contributed by atoms with Crippen molar-refractivity contribution in [3.05, 3.63) is 18.0 Å². The Morgan fingerprint density at radius 1 is 1.46 bits per heavy atom. The van der Waals surface area contributed by atoms with Gasteiger partial charge in [-0.3, -0.25) is 9.78 Å². The van der Waals surface area contributed by atoms with E-state index in [2.05, 4.69) is 9.72 Å². The number of pyridine rings is 1. The Hall–Kier alpha value is -1.78. The lowest BCUT2D eigenvalue weighted by Crippen LogP contribution is -2.02. The molecule has 0 saturated carbocycles. The highest BCUT2D eigenvalue weighted by Gasteiger charge is 1.98. The zero-order valence-corrected chi connectivity index (χ0v) is 7.06. The minimum absolute atomic E-state index is 0.305. The fourth-order valence-electron chi connectivity index (χ4n) is 0.875. The molecule has 0 aliphatic heterocycles. The third-order valence-electron chi connectivity index (χ3n) is 1.57. The maximum Gasteiger partial charge on any atom is 0.293 e. The molecule has 4 N–H and O–H groups in total. The summed E-state index contributed by atoms with van der Waals surface area (Å²) in [7, 11) is 0. The molecule has 0 aliphatic carbocycles. The van der Waals surface area contributed by atoms with Crippen LogP contribution in [0.5, 0.6) is 0 Å². The molecule has 0 atom stereocenters. The lowest BCUT2D eigenvalue weighted by molar-refractivity contribution is -0.128. The zero-order valence-electron chi connectivity index (χ0n) is 7.06. The molecule has 0 amide bonds. The van der Waals surface area contributed by atoms with Crippen LogP contribution < -0.4 is 11.5 Å². The van der Waals surface area contributed by atoms with E-state index < -0.39 is 0 Å². The van der Waals surface area contributed by atoms with Crippen molar-refractivity contribution < 1.29 is 9.53 Å². The molecule has 0 aromatic carbocycles. The predicted molar refractivity (Wildman–Crippen MR) is 48.8 cm³/mol. The molecule has 0 bridgehead atoms. The number of hydrogen-bond donors (Lipinski definition) is 2. The van der Waals surface area contributed by atoms with Crippen LogP contribution >= 0.6 is 0 Å². The van der Waals surface area contributed by atoms with Crippen LogP contribution in [0.1, 0.15) is 5.69 Å². The second kappa shape index (κ2) is 4.30. The summed E-state index contributed by atoms with van der Waals surface area (Å²) in [5, 5.41) is 0. The van der Waals surface area contributed by atoms with E-state index in [1.54, 1.807) is 6.07 Å². The van der Waals surface area contributed by atoms with E-state index in [4.69, 9.17) is 11.5 Å². The molecule has 1 aromatic heterocycles. The van der Waals surface area contributed by atoms with Gasteiger partial charge in [0.15, 0.2) is 0 Å². The number of ether oxygens (including phenoxy) is 1. The van der Waals surface area contributed by atoms with Gasteiger partial charge in [-0.1, -0.05) is 0 Å². The van der Waals surface area contributed by atoms with Crippen molar-refractivity contribution in [2.24, 2.45) is 0 Å². The van der Waals surface area contributed by atoms with Crippen molar-refractivity contribution in [3.8, 4) is 0 Å². The monoisotopic (exact) mass is 181 g/mol. The standard InChI is InChI=1S/C8H11N3O2/c9-7-3-6(1-2-13-5-12)11-4-8(7)10/h3-5H,1-2,10H2,(H2,9,11). The van der Waals surface area contributed by atoms with Gasteiger partial charge in [0.1, 0.15) is 0 Å². The molecule has 70 valence electrons. The fourth-order valence-corrected chi connectivity index (χ4v) is 0.875. The van der Waals surface area contributed by atoms with Crippen LogP contribution in [0.25, 0.3) is 0 Å². The third kappa shape index (κ3) is 2.62. The maximum atomic E-state index is 9.83. The van der Waals surface area contributed by atoms with E-state index in [9.17, 15) is 4.79 Å². The molecule has 5 nitrogen and oxygen atoms in total. The molecule has 0 fully saturated rings. The summed E-state index contributed by atoms with van der Waals surface area (Å²) in [4.78, 5) is 13.8. The highest BCUT2D eigenvalue weighted by molar-refractivity contribution is 5.61. The molecule has 13 heavy (non-hydrogen) atoms. The first-order valence-corrected chi connectivity index (χ1v) is 3.79. The fraction of sp³-hybridized carbons (Fsp3) is 0.250. The summed E-state index contributed by atoms with van der Waals surface area (Å²) in [5.74, 6) is 0. The van der Waals surface area contributed by atoms with Gasteiger partial charge in [0.05, 0.1) is 24.2 Å². The first-order chi connectivity index (χ1) is 6.24. The van der Waals surface area contributed by atoms with Crippen LogP contribution in [0, 0.1) is 0 Å². The van der Waals surface area contributed by atoms with Crippen molar-refractivity contribution in [1.29, 1.82) is 0 Å². The summed E-state index contributed by atoms with van der Waals surface area (Å²) >= 11 is 0. The number of carbonyl (C=O) groups excluding carboxylic acids is 1. The van der Waals surface area contributed by atoms with Crippen LogP contribution in [-0.4, -0.2) is 18.1 Å². The Balaban J connectivity index is 2.57. The first-order valence-electron chi connectivity index (χ1n) is 3.79. The molecule has 5 heteroatoms. The largest absolute Gasteiger partial charge is 0.467 e. The van der Waals surface area contributed by atoms with E-state index in [0.717, 1.165) is 5.69 Å². The van der Waals surface area contributed by atoms with Crippen molar-refractivity contribution >= 4 is 17.8 Å². The lowest BCUT2D eigenvalue weighted by atomic mass is 10.2. The Bertz CT molecular complexity index is 301. The van der Waals surface area contributed by atoms with Gasteiger partial charge in [0.25, 0.3) is 6.47 Å². The van der Waals surface area contributed by atoms with Gasteiger partial charge < -0.3 is 16.2 Å². The molecule has 0 aliphatic rings. The molecular weight excluding hydrogens is 170 g/mol. The van der Waals surface area contributed by atoms with Crippen molar-refractivity contribution in [3.63, 3.8) is 0 Å². The van der Waals surface area contributed by atoms with Crippen molar-refractivity contribution in [2.45, 2.75) is 6.42 Å². The Labute approximate surface area is 75.7 Å². The smallest absolute Gasteiger partial charge is 0.293 e. The van der Waals surface area contributed by atoms with E-state index in [0.29, 0.717) is 30.9 Å². The Morgan fingerprint density at radius 2 is 2.23 bits per heavy atom. The topological polar surface area (TPSA) is 91.2 Å².